The van der Waals surface area contributed by atoms with Crippen LogP contribution >= 0.6 is 0 Å². The van der Waals surface area contributed by atoms with Crippen LogP contribution < -0.4 is 0 Å². The zero-order chi connectivity index (χ0) is 13.2. The van der Waals surface area contributed by atoms with Crippen LogP contribution in [-0.2, 0) is 17.6 Å². The van der Waals surface area contributed by atoms with E-state index in [2.05, 4.69) is 23.8 Å². The molecule has 0 aliphatic rings. The summed E-state index contributed by atoms with van der Waals surface area (Å²) < 4.78 is 0. The summed E-state index contributed by atoms with van der Waals surface area (Å²) in [5, 5.41) is 9.08. The van der Waals surface area contributed by atoms with Gasteiger partial charge in [0.15, 0.2) is 0 Å². The molecule has 1 aromatic heterocycles. The summed E-state index contributed by atoms with van der Waals surface area (Å²) in [7, 11) is 0. The molecule has 1 rings (SSSR count). The Morgan fingerprint density at radius 3 is 2.53 bits per heavy atom. The number of nitrogens with one attached hydrogen (secondary N) is 1. The van der Waals surface area contributed by atoms with Gasteiger partial charge in [0.25, 0.3) is 0 Å². The number of aryl methyl sites for hydroxylation is 1. The van der Waals surface area contributed by atoms with Crippen molar-refractivity contribution in [2.24, 2.45) is 11.3 Å². The lowest BCUT2D eigenvalue weighted by Crippen LogP contribution is -2.26. The Morgan fingerprint density at radius 2 is 2.06 bits per heavy atom. The summed E-state index contributed by atoms with van der Waals surface area (Å²) in [6, 6.07) is 0. The number of aromatic amines is 1. The molecule has 0 saturated heterocycles. The van der Waals surface area contributed by atoms with Crippen molar-refractivity contribution < 1.29 is 9.90 Å². The lowest BCUT2D eigenvalue weighted by molar-refractivity contribution is -0.146. The van der Waals surface area contributed by atoms with Crippen LogP contribution in [0.25, 0.3) is 0 Å². The fourth-order valence-electron chi connectivity index (χ4n) is 1.73. The lowest BCUT2D eigenvalue weighted by Gasteiger charge is -2.16. The summed E-state index contributed by atoms with van der Waals surface area (Å²) >= 11 is 0. The normalized spacial score (nSPS) is 12.1. The smallest absolute Gasteiger partial charge is 0.309 e. The number of imidazole rings is 1. The van der Waals surface area contributed by atoms with E-state index >= 15 is 0 Å². The summed E-state index contributed by atoms with van der Waals surface area (Å²) in [4.78, 5) is 18.7. The van der Waals surface area contributed by atoms with E-state index in [-0.39, 0.29) is 0 Å². The van der Waals surface area contributed by atoms with E-state index in [1.165, 1.54) is 0 Å². The van der Waals surface area contributed by atoms with Crippen molar-refractivity contribution in [1.82, 2.24) is 9.97 Å². The maximum absolute atomic E-state index is 11.1. The monoisotopic (exact) mass is 238 g/mol. The van der Waals surface area contributed by atoms with Gasteiger partial charge in [-0.25, -0.2) is 4.98 Å². The topological polar surface area (TPSA) is 66.0 Å². The van der Waals surface area contributed by atoms with E-state index in [0.717, 1.165) is 23.6 Å². The van der Waals surface area contributed by atoms with Crippen molar-refractivity contribution >= 4 is 5.97 Å². The number of nitrogens with zero attached hydrogens (tertiary/aromatic N) is 1. The van der Waals surface area contributed by atoms with Crippen LogP contribution in [0.2, 0.25) is 0 Å². The van der Waals surface area contributed by atoms with Crippen LogP contribution in [0.15, 0.2) is 0 Å². The van der Waals surface area contributed by atoms with Crippen molar-refractivity contribution in [3.05, 3.63) is 17.2 Å². The zero-order valence-electron chi connectivity index (χ0n) is 11.3. The second kappa shape index (κ2) is 4.90. The Labute approximate surface area is 102 Å². The highest BCUT2D eigenvalue weighted by Gasteiger charge is 2.29. The van der Waals surface area contributed by atoms with Gasteiger partial charge in [0.2, 0.25) is 0 Å². The number of H-pyrrole nitrogens is 1. The van der Waals surface area contributed by atoms with Gasteiger partial charge in [0, 0.05) is 12.1 Å². The molecular weight excluding hydrogens is 216 g/mol. The number of aromatic nitrogens is 2. The fraction of sp³-hybridized carbons (Fsp3) is 0.692. The number of carboxylic acid groups (broad SMARTS) is 1. The lowest BCUT2D eigenvalue weighted by atomic mass is 9.89. The number of carbonyl (C=O) groups is 1. The average molecular weight is 238 g/mol. The van der Waals surface area contributed by atoms with Gasteiger partial charge in [-0.15, -0.1) is 0 Å². The second-order valence-electron chi connectivity index (χ2n) is 5.72. The Morgan fingerprint density at radius 1 is 1.47 bits per heavy atom. The Kier molecular flexibility index (Phi) is 3.96. The number of carboxylic acids is 1. The molecule has 0 amide bonds. The molecule has 96 valence electrons. The molecule has 4 heteroatoms. The molecule has 0 aliphatic heterocycles. The van der Waals surface area contributed by atoms with Crippen LogP contribution in [0.5, 0.6) is 0 Å². The molecule has 0 spiro atoms. The van der Waals surface area contributed by atoms with Gasteiger partial charge in [0.05, 0.1) is 11.1 Å². The van der Waals surface area contributed by atoms with Gasteiger partial charge >= 0.3 is 5.97 Å². The van der Waals surface area contributed by atoms with Crippen molar-refractivity contribution in [2.45, 2.75) is 47.5 Å². The van der Waals surface area contributed by atoms with Crippen LogP contribution in [0, 0.1) is 18.3 Å². The molecule has 17 heavy (non-hydrogen) atoms. The molecule has 0 fully saturated rings. The van der Waals surface area contributed by atoms with Crippen molar-refractivity contribution in [3.63, 3.8) is 0 Å². The van der Waals surface area contributed by atoms with Gasteiger partial charge in [-0.2, -0.15) is 0 Å². The maximum Gasteiger partial charge on any atom is 0.309 e. The molecule has 0 atom stereocenters. The first kappa shape index (κ1) is 13.7. The molecular formula is C13H22N2O2. The van der Waals surface area contributed by atoms with Gasteiger partial charge in [-0.1, -0.05) is 13.8 Å². The Balaban J connectivity index is 2.84. The highest BCUT2D eigenvalue weighted by atomic mass is 16.4. The van der Waals surface area contributed by atoms with Crippen molar-refractivity contribution in [1.29, 1.82) is 0 Å². The highest BCUT2D eigenvalue weighted by molar-refractivity contribution is 5.73. The molecule has 0 radical (unpaired) electrons. The van der Waals surface area contributed by atoms with E-state index in [1.54, 1.807) is 13.8 Å². The summed E-state index contributed by atoms with van der Waals surface area (Å²) in [6.07, 6.45) is 1.36. The molecule has 0 unspecified atom stereocenters. The average Bonchev–Trinajstić information content (AvgIpc) is 2.44. The van der Waals surface area contributed by atoms with Gasteiger partial charge in [-0.3, -0.25) is 4.79 Å². The molecule has 0 saturated carbocycles. The number of aliphatic carboxylic acids is 1. The fourth-order valence-corrected chi connectivity index (χ4v) is 1.73. The molecule has 4 nitrogen and oxygen atoms in total. The van der Waals surface area contributed by atoms with Crippen LogP contribution in [0.1, 0.15) is 44.9 Å². The molecule has 1 heterocycles. The number of hydrogen-bond acceptors (Lipinski definition) is 2. The first-order valence-electron chi connectivity index (χ1n) is 6.00. The largest absolute Gasteiger partial charge is 0.481 e. The van der Waals surface area contributed by atoms with Crippen LogP contribution in [-0.4, -0.2) is 21.0 Å². The number of rotatable bonds is 5. The minimum atomic E-state index is -0.794. The quantitative estimate of drug-likeness (QED) is 0.828. The standard InChI is InChI=1S/C13H22N2O2/c1-8(2)6-10-9(3)14-11(15-10)7-13(4,5)12(16)17/h8H,6-7H2,1-5H3,(H,14,15)(H,16,17). The van der Waals surface area contributed by atoms with Gasteiger partial charge in [0.1, 0.15) is 5.82 Å². The number of hydrogen-bond donors (Lipinski definition) is 2. The predicted molar refractivity (Wildman–Crippen MR) is 67.0 cm³/mol. The van der Waals surface area contributed by atoms with E-state index in [1.807, 2.05) is 6.92 Å². The zero-order valence-corrected chi connectivity index (χ0v) is 11.3. The predicted octanol–water partition coefficient (Wildman–Crippen LogP) is 2.57. The molecule has 0 aromatic carbocycles. The minimum Gasteiger partial charge on any atom is -0.481 e. The van der Waals surface area contributed by atoms with Gasteiger partial charge in [-0.05, 0) is 33.1 Å². The molecule has 2 N–H and O–H groups in total. The van der Waals surface area contributed by atoms with E-state index < -0.39 is 11.4 Å². The third-order valence-corrected chi connectivity index (χ3v) is 2.82. The summed E-state index contributed by atoms with van der Waals surface area (Å²) in [5.74, 6) is 0.528. The molecule has 0 aliphatic carbocycles. The van der Waals surface area contributed by atoms with E-state index in [9.17, 15) is 4.79 Å². The second-order valence-corrected chi connectivity index (χ2v) is 5.72. The first-order valence-corrected chi connectivity index (χ1v) is 6.00. The van der Waals surface area contributed by atoms with Crippen molar-refractivity contribution in [2.75, 3.05) is 0 Å². The first-order chi connectivity index (χ1) is 7.72. The highest BCUT2D eigenvalue weighted by Crippen LogP contribution is 2.22. The van der Waals surface area contributed by atoms with Crippen LogP contribution in [0.3, 0.4) is 0 Å². The minimum absolute atomic E-state index is 0.432. The molecule has 1 aromatic rings. The summed E-state index contributed by atoms with van der Waals surface area (Å²) in [5.41, 5.74) is 1.32. The Bertz CT molecular complexity index is 406. The summed E-state index contributed by atoms with van der Waals surface area (Å²) in [6.45, 7) is 9.72. The third kappa shape index (κ3) is 3.58. The van der Waals surface area contributed by atoms with E-state index in [0.29, 0.717) is 12.3 Å². The Hall–Kier alpha value is -1.32. The molecule has 0 bridgehead atoms. The third-order valence-electron chi connectivity index (χ3n) is 2.82. The maximum atomic E-state index is 11.1. The van der Waals surface area contributed by atoms with Crippen LogP contribution in [0.4, 0.5) is 0 Å². The van der Waals surface area contributed by atoms with Gasteiger partial charge < -0.3 is 10.1 Å². The van der Waals surface area contributed by atoms with E-state index in [4.69, 9.17) is 5.11 Å². The SMILES string of the molecule is Cc1[nH]c(CC(C)(C)C(=O)O)nc1CC(C)C. The van der Waals surface area contributed by atoms with Crippen molar-refractivity contribution in [3.8, 4) is 0 Å².